The molecule has 4 nitrogen and oxygen atoms in total. The van der Waals surface area contributed by atoms with Gasteiger partial charge in [0.2, 0.25) is 5.91 Å². The summed E-state index contributed by atoms with van der Waals surface area (Å²) in [5, 5.41) is 0. The summed E-state index contributed by atoms with van der Waals surface area (Å²) in [7, 11) is 0. The molecule has 98 valence electrons. The number of nitrogens with two attached hydrogens (primary N) is 1. The van der Waals surface area contributed by atoms with E-state index in [0.29, 0.717) is 26.2 Å². The molecule has 2 N–H and O–H groups in total. The molecule has 2 atom stereocenters. The maximum atomic E-state index is 12.3. The quantitative estimate of drug-likeness (QED) is 0.861. The lowest BCUT2D eigenvalue weighted by Gasteiger charge is -2.35. The van der Waals surface area contributed by atoms with E-state index in [9.17, 15) is 4.79 Å². The van der Waals surface area contributed by atoms with Crippen molar-refractivity contribution in [3.63, 3.8) is 0 Å². The van der Waals surface area contributed by atoms with Gasteiger partial charge in [-0.1, -0.05) is 30.3 Å². The summed E-state index contributed by atoms with van der Waals surface area (Å²) in [4.78, 5) is 14.1. The highest BCUT2D eigenvalue weighted by Crippen LogP contribution is 2.10. The van der Waals surface area contributed by atoms with E-state index >= 15 is 0 Å². The molecular weight excluding hydrogens is 228 g/mol. The molecule has 1 aromatic carbocycles. The van der Waals surface area contributed by atoms with E-state index in [2.05, 4.69) is 0 Å². The van der Waals surface area contributed by atoms with Gasteiger partial charge in [-0.15, -0.1) is 0 Å². The normalized spacial score (nSPS) is 21.7. The van der Waals surface area contributed by atoms with Crippen LogP contribution in [-0.2, 0) is 16.0 Å². The van der Waals surface area contributed by atoms with Crippen molar-refractivity contribution in [3.8, 4) is 0 Å². The van der Waals surface area contributed by atoms with Crippen LogP contribution >= 0.6 is 0 Å². The van der Waals surface area contributed by atoms with Crippen LogP contribution in [0.2, 0.25) is 0 Å². The molecule has 1 aromatic rings. The molecule has 0 bridgehead atoms. The van der Waals surface area contributed by atoms with Gasteiger partial charge in [0.05, 0.1) is 25.3 Å². The van der Waals surface area contributed by atoms with Crippen molar-refractivity contribution in [2.75, 3.05) is 19.8 Å². The highest BCUT2D eigenvalue weighted by molar-refractivity contribution is 5.82. The minimum absolute atomic E-state index is 0.0228. The van der Waals surface area contributed by atoms with E-state index in [0.717, 1.165) is 5.56 Å². The molecule has 0 aromatic heterocycles. The molecule has 0 aliphatic carbocycles. The van der Waals surface area contributed by atoms with Crippen LogP contribution in [0.1, 0.15) is 12.5 Å². The number of carbonyl (C=O) groups excluding carboxylic acids is 1. The highest BCUT2D eigenvalue weighted by atomic mass is 16.5. The maximum Gasteiger partial charge on any atom is 0.240 e. The van der Waals surface area contributed by atoms with E-state index in [1.54, 1.807) is 0 Å². The maximum absolute atomic E-state index is 12.3. The van der Waals surface area contributed by atoms with Crippen LogP contribution in [0.25, 0.3) is 0 Å². The minimum Gasteiger partial charge on any atom is -0.377 e. The van der Waals surface area contributed by atoms with Gasteiger partial charge in [-0.2, -0.15) is 0 Å². The Bertz CT molecular complexity index is 394. The molecule has 1 saturated heterocycles. The fraction of sp³-hybridized carbons (Fsp3) is 0.500. The van der Waals surface area contributed by atoms with Crippen LogP contribution in [0.5, 0.6) is 0 Å². The summed E-state index contributed by atoms with van der Waals surface area (Å²) in [5.74, 6) is 0.0228. The van der Waals surface area contributed by atoms with Crippen LogP contribution in [-0.4, -0.2) is 42.6 Å². The summed E-state index contributed by atoms with van der Waals surface area (Å²) in [6.45, 7) is 3.84. The van der Waals surface area contributed by atoms with Gasteiger partial charge in [-0.25, -0.2) is 0 Å². The summed E-state index contributed by atoms with van der Waals surface area (Å²) in [5.41, 5.74) is 7.11. The lowest BCUT2D eigenvalue weighted by Crippen LogP contribution is -2.53. The SMILES string of the molecule is C[C@@H]1COCCN1C(=O)[C@H](N)Cc1ccccc1. The van der Waals surface area contributed by atoms with E-state index in [4.69, 9.17) is 10.5 Å². The van der Waals surface area contributed by atoms with Crippen LogP contribution in [0.15, 0.2) is 30.3 Å². The van der Waals surface area contributed by atoms with Crippen molar-refractivity contribution in [1.82, 2.24) is 4.90 Å². The fourth-order valence-electron chi connectivity index (χ4n) is 2.22. The third-order valence-corrected chi connectivity index (χ3v) is 3.27. The molecule has 1 aliphatic rings. The second-order valence-electron chi connectivity index (χ2n) is 4.75. The third kappa shape index (κ3) is 3.09. The molecule has 2 rings (SSSR count). The summed E-state index contributed by atoms with van der Waals surface area (Å²) in [6, 6.07) is 9.53. The Labute approximate surface area is 108 Å². The fourth-order valence-corrected chi connectivity index (χ4v) is 2.22. The van der Waals surface area contributed by atoms with Gasteiger partial charge in [0.15, 0.2) is 0 Å². The Balaban J connectivity index is 1.96. The molecule has 1 aliphatic heterocycles. The van der Waals surface area contributed by atoms with E-state index in [-0.39, 0.29) is 11.9 Å². The zero-order chi connectivity index (χ0) is 13.0. The van der Waals surface area contributed by atoms with E-state index in [1.807, 2.05) is 42.2 Å². The summed E-state index contributed by atoms with van der Waals surface area (Å²) < 4.78 is 5.33. The largest absolute Gasteiger partial charge is 0.377 e. The number of rotatable bonds is 3. The Kier molecular flexibility index (Phi) is 4.33. The van der Waals surface area contributed by atoms with Crippen molar-refractivity contribution < 1.29 is 9.53 Å². The molecule has 4 heteroatoms. The van der Waals surface area contributed by atoms with E-state index < -0.39 is 6.04 Å². The van der Waals surface area contributed by atoms with Gasteiger partial charge >= 0.3 is 0 Å². The van der Waals surface area contributed by atoms with Gasteiger partial charge < -0.3 is 15.4 Å². The molecule has 0 radical (unpaired) electrons. The molecule has 0 unspecified atom stereocenters. The van der Waals surface area contributed by atoms with Gasteiger partial charge in [-0.3, -0.25) is 4.79 Å². The van der Waals surface area contributed by atoms with Gasteiger partial charge in [-0.05, 0) is 18.9 Å². The Morgan fingerprint density at radius 1 is 1.50 bits per heavy atom. The second kappa shape index (κ2) is 5.98. The highest BCUT2D eigenvalue weighted by Gasteiger charge is 2.27. The number of benzene rings is 1. The lowest BCUT2D eigenvalue weighted by molar-refractivity contribution is -0.140. The number of ether oxygens (including phenoxy) is 1. The predicted octanol–water partition coefficient (Wildman–Crippen LogP) is 0.804. The van der Waals surface area contributed by atoms with Gasteiger partial charge in [0.1, 0.15) is 0 Å². The Morgan fingerprint density at radius 3 is 2.89 bits per heavy atom. The lowest BCUT2D eigenvalue weighted by atomic mass is 10.0. The van der Waals surface area contributed by atoms with Gasteiger partial charge in [0, 0.05) is 6.54 Å². The van der Waals surface area contributed by atoms with Crippen LogP contribution < -0.4 is 5.73 Å². The number of nitrogens with zero attached hydrogens (tertiary/aromatic N) is 1. The molecule has 1 amide bonds. The zero-order valence-corrected chi connectivity index (χ0v) is 10.7. The minimum atomic E-state index is -0.465. The number of hydrogen-bond donors (Lipinski definition) is 1. The third-order valence-electron chi connectivity index (χ3n) is 3.27. The Hall–Kier alpha value is -1.39. The number of hydrogen-bond acceptors (Lipinski definition) is 3. The number of carbonyl (C=O) groups is 1. The van der Waals surface area contributed by atoms with Crippen LogP contribution in [0.4, 0.5) is 0 Å². The molecular formula is C14H20N2O2. The Morgan fingerprint density at radius 2 is 2.22 bits per heavy atom. The summed E-state index contributed by atoms with van der Waals surface area (Å²) >= 11 is 0. The van der Waals surface area contributed by atoms with Crippen molar-refractivity contribution in [3.05, 3.63) is 35.9 Å². The zero-order valence-electron chi connectivity index (χ0n) is 10.7. The van der Waals surface area contributed by atoms with Crippen LogP contribution in [0.3, 0.4) is 0 Å². The average molecular weight is 248 g/mol. The van der Waals surface area contributed by atoms with E-state index in [1.165, 1.54) is 0 Å². The smallest absolute Gasteiger partial charge is 0.240 e. The van der Waals surface area contributed by atoms with Crippen molar-refractivity contribution >= 4 is 5.91 Å². The first-order chi connectivity index (χ1) is 8.68. The van der Waals surface area contributed by atoms with Crippen molar-refractivity contribution in [1.29, 1.82) is 0 Å². The van der Waals surface area contributed by atoms with Crippen LogP contribution in [0, 0.1) is 0 Å². The number of amides is 1. The monoisotopic (exact) mass is 248 g/mol. The second-order valence-corrected chi connectivity index (χ2v) is 4.75. The predicted molar refractivity (Wildman–Crippen MR) is 70.1 cm³/mol. The first-order valence-corrected chi connectivity index (χ1v) is 6.36. The molecule has 1 fully saturated rings. The van der Waals surface area contributed by atoms with Crippen molar-refractivity contribution in [2.45, 2.75) is 25.4 Å². The standard InChI is InChI=1S/C14H20N2O2/c1-11-10-18-8-7-16(11)14(17)13(15)9-12-5-3-2-4-6-12/h2-6,11,13H,7-10,15H2,1H3/t11-,13-/m1/s1. The first kappa shape index (κ1) is 13.1. The molecule has 0 saturated carbocycles. The van der Waals surface area contributed by atoms with Gasteiger partial charge in [0.25, 0.3) is 0 Å². The topological polar surface area (TPSA) is 55.6 Å². The average Bonchev–Trinajstić information content (AvgIpc) is 2.39. The molecule has 18 heavy (non-hydrogen) atoms. The number of morpholine rings is 1. The first-order valence-electron chi connectivity index (χ1n) is 6.36. The molecule has 0 spiro atoms. The van der Waals surface area contributed by atoms with Crippen molar-refractivity contribution in [2.24, 2.45) is 5.73 Å². The summed E-state index contributed by atoms with van der Waals surface area (Å²) in [6.07, 6.45) is 0.587. The molecule has 1 heterocycles.